The summed E-state index contributed by atoms with van der Waals surface area (Å²) in [7, 11) is 1.64. The summed E-state index contributed by atoms with van der Waals surface area (Å²) in [5.41, 5.74) is 6.80. The molecule has 1 aromatic heterocycles. The van der Waals surface area contributed by atoms with Crippen molar-refractivity contribution in [3.63, 3.8) is 0 Å². The number of benzene rings is 1. The lowest BCUT2D eigenvalue weighted by molar-refractivity contribution is -0.688. The highest BCUT2D eigenvalue weighted by Gasteiger charge is 2.10. The van der Waals surface area contributed by atoms with E-state index in [1.54, 1.807) is 25.4 Å². The Balaban J connectivity index is 0.00000180. The molecule has 0 saturated heterocycles. The Morgan fingerprint density at radius 3 is 2.68 bits per heavy atom. The summed E-state index contributed by atoms with van der Waals surface area (Å²) in [6, 6.07) is 11.3. The molecule has 0 bridgehead atoms. The number of hydrogen-bond donors (Lipinski definition) is 1. The highest BCUT2D eigenvalue weighted by Crippen LogP contribution is 2.16. The van der Waals surface area contributed by atoms with E-state index in [-0.39, 0.29) is 4.70 Å². The lowest BCUT2D eigenvalue weighted by Crippen LogP contribution is -3.00. The first-order valence-corrected chi connectivity index (χ1v) is 5.61. The topological polar surface area (TPSA) is 56.2 Å². The van der Waals surface area contributed by atoms with Crippen LogP contribution in [0.1, 0.15) is 15.9 Å². The quantitative estimate of drug-likeness (QED) is 0.657. The van der Waals surface area contributed by atoms with Crippen LogP contribution in [0.25, 0.3) is 0 Å². The third kappa shape index (κ3) is 3.51. The summed E-state index contributed by atoms with van der Waals surface area (Å²) < 4.78 is 7.19. The van der Waals surface area contributed by atoms with E-state index in [0.29, 0.717) is 12.1 Å². The molecule has 0 aliphatic heterocycles. The predicted molar refractivity (Wildman–Crippen MR) is 67.3 cm³/mol. The van der Waals surface area contributed by atoms with Crippen molar-refractivity contribution in [2.75, 3.05) is 7.11 Å². The minimum atomic E-state index is -0.427. The minimum absolute atomic E-state index is 0. The fourth-order valence-corrected chi connectivity index (χ4v) is 1.80. The number of hydrogen-bond acceptors (Lipinski definition) is 2. The van der Waals surface area contributed by atoms with Crippen LogP contribution in [-0.2, 0) is 6.54 Å². The number of ether oxygens (including phenoxy) is 1. The number of carbonyl (C=O) groups is 1. The zero-order valence-corrected chi connectivity index (χ0v) is 10.5. The molecule has 1 heterocycles. The van der Waals surface area contributed by atoms with Crippen molar-refractivity contribution in [3.8, 4) is 5.75 Å². The first-order valence-electron chi connectivity index (χ1n) is 5.61. The van der Waals surface area contributed by atoms with Gasteiger partial charge in [-0.3, -0.25) is 4.79 Å². The summed E-state index contributed by atoms with van der Waals surface area (Å²) >= 11 is 0. The van der Waals surface area contributed by atoms with E-state index in [1.807, 2.05) is 35.0 Å². The number of para-hydroxylation sites is 1. The van der Waals surface area contributed by atoms with Gasteiger partial charge in [-0.25, -0.2) is 0 Å². The largest absolute Gasteiger partial charge is 1.00 e. The Hall–Kier alpha value is -2.43. The first kappa shape index (κ1) is 14.6. The van der Waals surface area contributed by atoms with Gasteiger partial charge in [0, 0.05) is 6.07 Å². The molecule has 0 radical (unpaired) electrons. The van der Waals surface area contributed by atoms with E-state index in [2.05, 4.69) is 0 Å². The third-order valence-electron chi connectivity index (χ3n) is 2.69. The van der Waals surface area contributed by atoms with Crippen molar-refractivity contribution in [2.45, 2.75) is 6.54 Å². The maximum Gasteiger partial charge on any atom is 0.254 e. The lowest BCUT2D eigenvalue weighted by atomic mass is 10.2. The van der Waals surface area contributed by atoms with Gasteiger partial charge in [-0.2, -0.15) is 4.57 Å². The number of aromatic nitrogens is 1. The molecule has 1 amide bonds. The van der Waals surface area contributed by atoms with Gasteiger partial charge in [0.1, 0.15) is 11.3 Å². The summed E-state index contributed by atoms with van der Waals surface area (Å²) in [5, 5.41) is 0. The van der Waals surface area contributed by atoms with Crippen LogP contribution < -0.4 is 19.7 Å². The zero-order valence-electron chi connectivity index (χ0n) is 10.5. The SMILES string of the molecule is COc1ccccc1C[n+]1cccc(C(N)=O)c1.[F-]. The molecule has 0 fully saturated rings. The van der Waals surface area contributed by atoms with Gasteiger partial charge in [-0.15, -0.1) is 0 Å². The van der Waals surface area contributed by atoms with E-state index < -0.39 is 5.91 Å². The highest BCUT2D eigenvalue weighted by molar-refractivity contribution is 5.92. The minimum Gasteiger partial charge on any atom is -1.00 e. The molecule has 2 aromatic rings. The van der Waals surface area contributed by atoms with Gasteiger partial charge in [0.05, 0.1) is 12.7 Å². The second-order valence-electron chi connectivity index (χ2n) is 3.94. The number of methoxy groups -OCH3 is 1. The van der Waals surface area contributed by atoms with Crippen LogP contribution in [0.15, 0.2) is 48.8 Å². The van der Waals surface area contributed by atoms with Gasteiger partial charge < -0.3 is 15.2 Å². The number of primary amides is 1. The van der Waals surface area contributed by atoms with Crippen LogP contribution in [-0.4, -0.2) is 13.0 Å². The van der Waals surface area contributed by atoms with E-state index in [9.17, 15) is 4.79 Å². The molecule has 0 saturated carbocycles. The second kappa shape index (κ2) is 6.49. The summed E-state index contributed by atoms with van der Waals surface area (Å²) in [6.07, 6.45) is 3.62. The summed E-state index contributed by atoms with van der Waals surface area (Å²) in [4.78, 5) is 11.1. The molecule has 0 atom stereocenters. The number of amides is 1. The standard InChI is InChI=1S/C14H14N2O2.FH/c1-18-13-7-3-2-5-11(13)9-16-8-4-6-12(10-16)14(15)17;/h2-8,10H,9H2,1H3,(H-,15,17);1H. The number of rotatable bonds is 4. The molecule has 2 rings (SSSR count). The Bertz CT molecular complexity index is 573. The van der Waals surface area contributed by atoms with E-state index in [1.165, 1.54) is 0 Å². The number of halogens is 1. The van der Waals surface area contributed by atoms with E-state index in [4.69, 9.17) is 10.5 Å². The molecular formula is C14H15FN2O2. The van der Waals surface area contributed by atoms with Crippen molar-refractivity contribution in [3.05, 3.63) is 59.9 Å². The monoisotopic (exact) mass is 262 g/mol. The number of carbonyl (C=O) groups excluding carboxylic acids is 1. The number of nitrogens with two attached hydrogens (primary N) is 1. The molecule has 100 valence electrons. The normalized spacial score (nSPS) is 9.53. The lowest BCUT2D eigenvalue weighted by Gasteiger charge is -2.05. The number of pyridine rings is 1. The molecule has 5 heteroatoms. The van der Waals surface area contributed by atoms with Gasteiger partial charge in [0.15, 0.2) is 18.9 Å². The average molecular weight is 262 g/mol. The Labute approximate surface area is 110 Å². The third-order valence-corrected chi connectivity index (χ3v) is 2.69. The van der Waals surface area contributed by atoms with Gasteiger partial charge in [-0.05, 0) is 18.2 Å². The van der Waals surface area contributed by atoms with Crippen molar-refractivity contribution in [1.82, 2.24) is 0 Å². The molecular weight excluding hydrogens is 247 g/mol. The Morgan fingerprint density at radius 2 is 2.00 bits per heavy atom. The molecule has 0 unspecified atom stereocenters. The summed E-state index contributed by atoms with van der Waals surface area (Å²) in [6.45, 7) is 0.630. The first-order chi connectivity index (χ1) is 8.70. The van der Waals surface area contributed by atoms with Crippen molar-refractivity contribution in [1.29, 1.82) is 0 Å². The highest BCUT2D eigenvalue weighted by atomic mass is 19.0. The Morgan fingerprint density at radius 1 is 1.26 bits per heavy atom. The van der Waals surface area contributed by atoms with Crippen LogP contribution in [0, 0.1) is 0 Å². The zero-order chi connectivity index (χ0) is 13.0. The predicted octanol–water partition coefficient (Wildman–Crippen LogP) is -1.87. The molecule has 2 N–H and O–H groups in total. The summed E-state index contributed by atoms with van der Waals surface area (Å²) in [5.74, 6) is 0.402. The van der Waals surface area contributed by atoms with Crippen LogP contribution in [0.4, 0.5) is 0 Å². The van der Waals surface area contributed by atoms with E-state index in [0.717, 1.165) is 11.3 Å². The molecule has 0 aliphatic carbocycles. The van der Waals surface area contributed by atoms with Crippen LogP contribution >= 0.6 is 0 Å². The van der Waals surface area contributed by atoms with Gasteiger partial charge >= 0.3 is 0 Å². The Kier molecular flexibility index (Phi) is 5.00. The molecule has 0 spiro atoms. The fourth-order valence-electron chi connectivity index (χ4n) is 1.80. The molecule has 19 heavy (non-hydrogen) atoms. The van der Waals surface area contributed by atoms with Crippen molar-refractivity contribution < 1.29 is 18.8 Å². The van der Waals surface area contributed by atoms with Gasteiger partial charge in [-0.1, -0.05) is 12.1 Å². The molecule has 1 aromatic carbocycles. The van der Waals surface area contributed by atoms with Crippen LogP contribution in [0.5, 0.6) is 5.75 Å². The second-order valence-corrected chi connectivity index (χ2v) is 3.94. The number of nitrogens with zero attached hydrogens (tertiary/aromatic N) is 1. The smallest absolute Gasteiger partial charge is 0.254 e. The average Bonchev–Trinajstić information content (AvgIpc) is 2.39. The van der Waals surface area contributed by atoms with Crippen molar-refractivity contribution >= 4 is 5.91 Å². The van der Waals surface area contributed by atoms with Gasteiger partial charge in [0.25, 0.3) is 5.91 Å². The fraction of sp³-hybridized carbons (Fsp3) is 0.143. The van der Waals surface area contributed by atoms with Crippen molar-refractivity contribution in [2.24, 2.45) is 5.73 Å². The van der Waals surface area contributed by atoms with Crippen LogP contribution in [0.2, 0.25) is 0 Å². The maximum absolute atomic E-state index is 11.1. The van der Waals surface area contributed by atoms with E-state index >= 15 is 0 Å². The molecule has 0 aliphatic rings. The maximum atomic E-state index is 11.1. The van der Waals surface area contributed by atoms with Gasteiger partial charge in [0.2, 0.25) is 0 Å². The molecule has 4 nitrogen and oxygen atoms in total. The van der Waals surface area contributed by atoms with Crippen LogP contribution in [0.3, 0.4) is 0 Å².